The van der Waals surface area contributed by atoms with Gasteiger partial charge in [-0.3, -0.25) is 9.59 Å². The van der Waals surface area contributed by atoms with Gasteiger partial charge in [0.1, 0.15) is 5.58 Å². The molecule has 5 rings (SSSR count). The van der Waals surface area contributed by atoms with E-state index in [-0.39, 0.29) is 45.3 Å². The number of benzene rings is 3. The summed E-state index contributed by atoms with van der Waals surface area (Å²) in [6.07, 6.45) is 0. The van der Waals surface area contributed by atoms with Gasteiger partial charge in [-0.15, -0.1) is 10.2 Å². The lowest BCUT2D eigenvalue weighted by Gasteiger charge is -2.25. The zero-order chi connectivity index (χ0) is 26.0. The van der Waals surface area contributed by atoms with Crippen LogP contribution in [-0.4, -0.2) is 16.7 Å². The Morgan fingerprint density at radius 1 is 0.750 bits per heavy atom. The molecule has 36 heavy (non-hydrogen) atoms. The molecule has 3 aromatic carbocycles. The Balaban J connectivity index is 1.68. The maximum Gasteiger partial charge on any atom is 0.312 e. The van der Waals surface area contributed by atoms with Crippen LogP contribution in [0.3, 0.4) is 0 Å². The number of hydrogen-bond acceptors (Lipinski definition) is 6. The molecule has 1 heterocycles. The first-order chi connectivity index (χ1) is 16.9. The molecule has 1 aliphatic carbocycles. The first-order valence-electron chi connectivity index (χ1n) is 11.9. The minimum Gasteiger partial charge on any atom is -0.479 e. The number of ketones is 2. The van der Waals surface area contributed by atoms with Gasteiger partial charge in [-0.05, 0) is 28.5 Å². The molecule has 0 unspecified atom stereocenters. The van der Waals surface area contributed by atoms with Crippen LogP contribution in [0.25, 0.3) is 11.0 Å². The number of hydrogen-bond donors (Lipinski definition) is 1. The average molecular weight is 481 g/mol. The van der Waals surface area contributed by atoms with Crippen molar-refractivity contribution >= 4 is 33.9 Å². The van der Waals surface area contributed by atoms with Crippen LogP contribution in [0.15, 0.2) is 69.2 Å². The Morgan fingerprint density at radius 3 is 2.03 bits per heavy atom. The zero-order valence-electron chi connectivity index (χ0n) is 21.3. The van der Waals surface area contributed by atoms with Gasteiger partial charge in [0.25, 0.3) is 0 Å². The third kappa shape index (κ3) is 3.73. The fourth-order valence-electron chi connectivity index (χ4n) is 4.58. The van der Waals surface area contributed by atoms with Crippen molar-refractivity contribution in [1.29, 1.82) is 0 Å². The second-order valence-corrected chi connectivity index (χ2v) is 11.3. The molecule has 1 N–H and O–H groups in total. The largest absolute Gasteiger partial charge is 0.479 e. The molecule has 1 aromatic heterocycles. The van der Waals surface area contributed by atoms with Crippen molar-refractivity contribution in [2.24, 2.45) is 10.2 Å². The van der Waals surface area contributed by atoms with Crippen molar-refractivity contribution in [3.8, 4) is 5.95 Å². The van der Waals surface area contributed by atoms with Crippen molar-refractivity contribution in [2.45, 2.75) is 52.4 Å². The van der Waals surface area contributed by atoms with Crippen LogP contribution in [-0.2, 0) is 10.8 Å². The Kier molecular flexibility index (Phi) is 5.25. The van der Waals surface area contributed by atoms with Gasteiger partial charge in [0, 0.05) is 22.3 Å². The van der Waals surface area contributed by atoms with Crippen molar-refractivity contribution in [2.75, 3.05) is 0 Å². The van der Waals surface area contributed by atoms with Crippen LogP contribution in [0, 0.1) is 0 Å². The number of carbonyl (C=O) groups is 2. The van der Waals surface area contributed by atoms with E-state index in [1.54, 1.807) is 42.5 Å². The third-order valence-electron chi connectivity index (χ3n) is 6.61. The molecule has 0 aliphatic heterocycles. The lowest BCUT2D eigenvalue weighted by Crippen LogP contribution is -2.20. The molecule has 0 fully saturated rings. The number of azo groups is 1. The highest BCUT2D eigenvalue weighted by Crippen LogP contribution is 2.45. The topological polar surface area (TPSA) is 92.2 Å². The summed E-state index contributed by atoms with van der Waals surface area (Å²) in [5, 5.41) is 20.1. The lowest BCUT2D eigenvalue weighted by atomic mass is 9.79. The highest BCUT2D eigenvalue weighted by atomic mass is 16.5. The molecule has 0 amide bonds. The van der Waals surface area contributed by atoms with E-state index in [2.05, 4.69) is 57.8 Å². The van der Waals surface area contributed by atoms with Gasteiger partial charge in [-0.2, -0.15) is 0 Å². The van der Waals surface area contributed by atoms with E-state index in [4.69, 9.17) is 4.42 Å². The highest BCUT2D eigenvalue weighted by molar-refractivity contribution is 6.29. The Labute approximate surface area is 209 Å². The van der Waals surface area contributed by atoms with Gasteiger partial charge >= 0.3 is 5.95 Å². The summed E-state index contributed by atoms with van der Waals surface area (Å²) < 4.78 is 5.79. The van der Waals surface area contributed by atoms with Gasteiger partial charge in [0.15, 0.2) is 17.3 Å². The van der Waals surface area contributed by atoms with E-state index in [1.165, 1.54) is 0 Å². The van der Waals surface area contributed by atoms with E-state index >= 15 is 0 Å². The zero-order valence-corrected chi connectivity index (χ0v) is 21.3. The second kappa shape index (κ2) is 7.98. The Morgan fingerprint density at radius 2 is 1.39 bits per heavy atom. The predicted molar refractivity (Wildman–Crippen MR) is 139 cm³/mol. The first kappa shape index (κ1) is 23.7. The molecular formula is C30H28N2O4. The predicted octanol–water partition coefficient (Wildman–Crippen LogP) is 7.92. The Bertz CT molecular complexity index is 1590. The molecule has 0 radical (unpaired) electrons. The fraction of sp³-hybridized carbons (Fsp3) is 0.267. The summed E-state index contributed by atoms with van der Waals surface area (Å²) in [5.41, 5.74) is 3.88. The number of carbonyl (C=O) groups excluding carboxylic acids is 2. The lowest BCUT2D eigenvalue weighted by molar-refractivity contribution is 0.0979. The van der Waals surface area contributed by atoms with Gasteiger partial charge in [-0.1, -0.05) is 84.0 Å². The minimum atomic E-state index is -0.345. The molecule has 4 aromatic rings. The number of rotatable bonds is 2. The van der Waals surface area contributed by atoms with E-state index < -0.39 is 0 Å². The standard InChI is InChI=1S/C30H28N2O4/c1-29(2,3)16-14-20-24(28(35)36-27(20)21(15-16)30(4,5)6)32-31-22-13-9-12-19-23(22)26(34)18-11-8-7-10-17(18)25(19)33/h7-15,35H,1-6H3. The quantitative estimate of drug-likeness (QED) is 0.260. The van der Waals surface area contributed by atoms with Crippen LogP contribution in [0.5, 0.6) is 5.95 Å². The van der Waals surface area contributed by atoms with Crippen molar-refractivity contribution in [3.63, 3.8) is 0 Å². The monoisotopic (exact) mass is 480 g/mol. The van der Waals surface area contributed by atoms with Crippen LogP contribution < -0.4 is 0 Å². The van der Waals surface area contributed by atoms with Gasteiger partial charge in [-0.25, -0.2) is 0 Å². The van der Waals surface area contributed by atoms with Crippen molar-refractivity contribution < 1.29 is 19.1 Å². The maximum absolute atomic E-state index is 13.3. The molecule has 0 saturated heterocycles. The summed E-state index contributed by atoms with van der Waals surface area (Å²) in [4.78, 5) is 26.4. The summed E-state index contributed by atoms with van der Waals surface area (Å²) in [5.74, 6) is -0.845. The minimum absolute atomic E-state index is 0.145. The summed E-state index contributed by atoms with van der Waals surface area (Å²) in [7, 11) is 0. The average Bonchev–Trinajstić information content (AvgIpc) is 3.13. The summed E-state index contributed by atoms with van der Waals surface area (Å²) in [6.45, 7) is 12.6. The number of aromatic hydroxyl groups is 1. The van der Waals surface area contributed by atoms with E-state index in [9.17, 15) is 14.7 Å². The van der Waals surface area contributed by atoms with E-state index in [0.29, 0.717) is 27.7 Å². The molecule has 6 heteroatoms. The van der Waals surface area contributed by atoms with E-state index in [1.807, 2.05) is 6.07 Å². The molecule has 0 atom stereocenters. The second-order valence-electron chi connectivity index (χ2n) is 11.3. The SMILES string of the molecule is CC(C)(C)c1cc(C(C)(C)C)c2oc(O)c(N=Nc3cccc4c3C(=O)c3ccccc3C4=O)c2c1. The third-order valence-corrected chi connectivity index (χ3v) is 6.61. The fourth-order valence-corrected chi connectivity index (χ4v) is 4.58. The van der Waals surface area contributed by atoms with Gasteiger partial charge in [0.2, 0.25) is 0 Å². The number of fused-ring (bicyclic) bond motifs is 3. The van der Waals surface area contributed by atoms with Crippen molar-refractivity contribution in [3.05, 3.63) is 88.0 Å². The molecule has 0 bridgehead atoms. The molecule has 0 saturated carbocycles. The molecule has 182 valence electrons. The molecule has 1 aliphatic rings. The molecule has 0 spiro atoms. The van der Waals surface area contributed by atoms with Crippen LogP contribution in [0.2, 0.25) is 0 Å². The van der Waals surface area contributed by atoms with Crippen molar-refractivity contribution in [1.82, 2.24) is 0 Å². The summed E-state index contributed by atoms with van der Waals surface area (Å²) >= 11 is 0. The van der Waals surface area contributed by atoms with Gasteiger partial charge in [0.05, 0.1) is 16.6 Å². The molecular weight excluding hydrogens is 452 g/mol. The van der Waals surface area contributed by atoms with Crippen LogP contribution in [0.1, 0.15) is 84.5 Å². The van der Waals surface area contributed by atoms with Crippen LogP contribution >= 0.6 is 0 Å². The normalized spacial score (nSPS) is 13.9. The highest BCUT2D eigenvalue weighted by Gasteiger charge is 2.32. The smallest absolute Gasteiger partial charge is 0.312 e. The maximum atomic E-state index is 13.3. The van der Waals surface area contributed by atoms with Crippen LogP contribution in [0.4, 0.5) is 11.4 Å². The van der Waals surface area contributed by atoms with E-state index in [0.717, 1.165) is 11.1 Å². The summed E-state index contributed by atoms with van der Waals surface area (Å²) in [6, 6.07) is 15.8. The first-order valence-corrected chi connectivity index (χ1v) is 11.9. The number of nitrogens with zero attached hydrogens (tertiary/aromatic N) is 2. The number of furan rings is 1. The molecule has 6 nitrogen and oxygen atoms in total. The van der Waals surface area contributed by atoms with Gasteiger partial charge < -0.3 is 9.52 Å². The Hall–Kier alpha value is -4.06.